The molecule has 3 aromatic rings. The van der Waals surface area contributed by atoms with Crippen LogP contribution in [-0.2, 0) is 25.0 Å². The molecule has 10 nitrogen and oxygen atoms in total. The predicted octanol–water partition coefficient (Wildman–Crippen LogP) is 5.61. The fourth-order valence-electron chi connectivity index (χ4n) is 5.94. The molecule has 45 heavy (non-hydrogen) atoms. The van der Waals surface area contributed by atoms with Crippen molar-refractivity contribution in [3.8, 4) is 11.5 Å². The summed E-state index contributed by atoms with van der Waals surface area (Å²) in [6.45, 7) is 16.9. The molecular weight excluding hydrogens is 594 g/mol. The molecule has 1 heterocycles. The van der Waals surface area contributed by atoms with E-state index in [1.807, 2.05) is 32.9 Å². The van der Waals surface area contributed by atoms with Crippen LogP contribution >= 0.6 is 0 Å². The number of ketones is 1. The fraction of sp³-hybridized carbons (Fsp3) is 0.471. The van der Waals surface area contributed by atoms with E-state index in [1.165, 1.54) is 7.11 Å². The van der Waals surface area contributed by atoms with Crippen molar-refractivity contribution >= 4 is 43.9 Å². The van der Waals surface area contributed by atoms with Crippen LogP contribution < -0.4 is 19.5 Å². The summed E-state index contributed by atoms with van der Waals surface area (Å²) in [6, 6.07) is 14.0. The molecule has 0 aromatic heterocycles. The fourth-order valence-corrected chi connectivity index (χ4v) is 6.49. The Hall–Kier alpha value is -3.67. The second kappa shape index (κ2) is 12.6. The van der Waals surface area contributed by atoms with Crippen LogP contribution in [0.4, 0.5) is 11.4 Å². The highest BCUT2D eigenvalue weighted by Crippen LogP contribution is 2.39. The SMILES string of the molecule is COc1c(NC(=O)C(=O)c2ccc(OCCN3CC(C)(C)OC(C)(C)C3)c3ccccc23)cc(C(C)(C)C)cc1NS(C)(=O)=O. The topological polar surface area (TPSA) is 123 Å². The van der Waals surface area contributed by atoms with Crippen molar-refractivity contribution in [1.29, 1.82) is 0 Å². The van der Waals surface area contributed by atoms with E-state index < -0.39 is 27.1 Å². The van der Waals surface area contributed by atoms with Crippen molar-refractivity contribution in [1.82, 2.24) is 4.90 Å². The molecule has 1 amide bonds. The van der Waals surface area contributed by atoms with Gasteiger partial charge in [0.05, 0.1) is 35.9 Å². The Morgan fingerprint density at radius 2 is 1.56 bits per heavy atom. The van der Waals surface area contributed by atoms with E-state index in [0.717, 1.165) is 24.9 Å². The van der Waals surface area contributed by atoms with Gasteiger partial charge < -0.3 is 19.5 Å². The molecule has 0 radical (unpaired) electrons. The van der Waals surface area contributed by atoms with Gasteiger partial charge in [0.15, 0.2) is 5.75 Å². The second-order valence-corrected chi connectivity index (χ2v) is 15.6. The molecule has 1 aliphatic heterocycles. The summed E-state index contributed by atoms with van der Waals surface area (Å²) in [5, 5.41) is 3.96. The number of nitrogens with zero attached hydrogens (tertiary/aromatic N) is 1. The van der Waals surface area contributed by atoms with E-state index in [-0.39, 0.29) is 33.9 Å². The summed E-state index contributed by atoms with van der Waals surface area (Å²) >= 11 is 0. The van der Waals surface area contributed by atoms with Gasteiger partial charge in [-0.25, -0.2) is 8.42 Å². The second-order valence-electron chi connectivity index (χ2n) is 13.8. The number of nitrogens with one attached hydrogen (secondary N) is 2. The molecule has 1 fully saturated rings. The van der Waals surface area contributed by atoms with Crippen LogP contribution in [0, 0.1) is 0 Å². The van der Waals surface area contributed by atoms with E-state index in [0.29, 0.717) is 29.7 Å². The van der Waals surface area contributed by atoms with Crippen molar-refractivity contribution in [2.24, 2.45) is 0 Å². The molecule has 4 rings (SSSR count). The van der Waals surface area contributed by atoms with Crippen LogP contribution in [0.2, 0.25) is 0 Å². The predicted molar refractivity (Wildman–Crippen MR) is 178 cm³/mol. The zero-order valence-corrected chi connectivity index (χ0v) is 28.5. The van der Waals surface area contributed by atoms with Gasteiger partial charge in [-0.05, 0) is 68.3 Å². The lowest BCUT2D eigenvalue weighted by Crippen LogP contribution is -2.57. The molecule has 0 spiro atoms. The van der Waals surface area contributed by atoms with Crippen LogP contribution in [0.1, 0.15) is 64.4 Å². The molecule has 0 aliphatic carbocycles. The van der Waals surface area contributed by atoms with Gasteiger partial charge in [-0.2, -0.15) is 0 Å². The highest BCUT2D eigenvalue weighted by molar-refractivity contribution is 7.92. The maximum Gasteiger partial charge on any atom is 0.296 e. The van der Waals surface area contributed by atoms with E-state index in [2.05, 4.69) is 42.6 Å². The molecule has 0 atom stereocenters. The third-order valence-corrected chi connectivity index (χ3v) is 8.05. The minimum Gasteiger partial charge on any atom is -0.492 e. The van der Waals surface area contributed by atoms with Crippen molar-refractivity contribution in [2.45, 2.75) is 65.1 Å². The van der Waals surface area contributed by atoms with Crippen molar-refractivity contribution in [2.75, 3.05) is 49.6 Å². The van der Waals surface area contributed by atoms with Gasteiger partial charge in [0.25, 0.3) is 11.7 Å². The van der Waals surface area contributed by atoms with Gasteiger partial charge in [0, 0.05) is 30.6 Å². The van der Waals surface area contributed by atoms with Crippen molar-refractivity contribution < 1.29 is 32.2 Å². The summed E-state index contributed by atoms with van der Waals surface area (Å²) in [4.78, 5) is 29.3. The average Bonchev–Trinajstić information content (AvgIpc) is 2.89. The number of carbonyl (C=O) groups is 2. The molecule has 0 unspecified atom stereocenters. The number of Topliss-reactive ketones (excluding diaryl/α,β-unsaturated/α-hetero) is 1. The van der Waals surface area contributed by atoms with Crippen LogP contribution in [0.3, 0.4) is 0 Å². The molecule has 2 N–H and O–H groups in total. The largest absolute Gasteiger partial charge is 0.492 e. The average molecular weight is 640 g/mol. The lowest BCUT2D eigenvalue weighted by Gasteiger charge is -2.47. The lowest BCUT2D eigenvalue weighted by molar-refractivity contribution is -0.181. The number of anilines is 2. The van der Waals surface area contributed by atoms with E-state index in [9.17, 15) is 18.0 Å². The Bertz CT molecular complexity index is 1690. The van der Waals surface area contributed by atoms with Gasteiger partial charge >= 0.3 is 0 Å². The van der Waals surface area contributed by atoms with Crippen LogP contribution in [0.25, 0.3) is 10.8 Å². The molecule has 3 aromatic carbocycles. The molecule has 1 saturated heterocycles. The maximum absolute atomic E-state index is 13.6. The normalized spacial score (nSPS) is 16.6. The summed E-state index contributed by atoms with van der Waals surface area (Å²) in [7, 11) is -2.29. The quantitative estimate of drug-likeness (QED) is 0.217. The third kappa shape index (κ3) is 8.53. The highest BCUT2D eigenvalue weighted by Gasteiger charge is 2.38. The minimum absolute atomic E-state index is 0.0928. The summed E-state index contributed by atoms with van der Waals surface area (Å²) < 4.78 is 44.5. The summed E-state index contributed by atoms with van der Waals surface area (Å²) in [5.41, 5.74) is 0.353. The number of methoxy groups -OCH3 is 1. The Balaban J connectivity index is 1.58. The number of carbonyl (C=O) groups excluding carboxylic acids is 2. The van der Waals surface area contributed by atoms with Crippen LogP contribution in [0.15, 0.2) is 48.5 Å². The zero-order valence-electron chi connectivity index (χ0n) is 27.7. The summed E-state index contributed by atoms with van der Waals surface area (Å²) in [6.07, 6.45) is 1.03. The number of ether oxygens (including phenoxy) is 3. The molecule has 11 heteroatoms. The van der Waals surface area contributed by atoms with Gasteiger partial charge in [0.1, 0.15) is 12.4 Å². The Morgan fingerprint density at radius 1 is 0.956 bits per heavy atom. The first-order valence-corrected chi connectivity index (χ1v) is 16.8. The van der Waals surface area contributed by atoms with E-state index >= 15 is 0 Å². The van der Waals surface area contributed by atoms with Crippen molar-refractivity contribution in [3.63, 3.8) is 0 Å². The van der Waals surface area contributed by atoms with Gasteiger partial charge in [-0.15, -0.1) is 0 Å². The number of rotatable bonds is 10. The van der Waals surface area contributed by atoms with Crippen LogP contribution in [-0.4, -0.2) is 75.8 Å². The third-order valence-electron chi connectivity index (χ3n) is 7.46. The van der Waals surface area contributed by atoms with Gasteiger partial charge in [-0.3, -0.25) is 19.2 Å². The molecule has 1 aliphatic rings. The maximum atomic E-state index is 13.6. The number of hydrogen-bond acceptors (Lipinski definition) is 8. The zero-order chi connectivity index (χ0) is 33.4. The standard InChI is InChI=1S/C34H45N3O7S/c1-32(2,3)22-18-26(30(42-8)27(19-22)36-45(9,40)41)35-31(39)29(38)25-14-15-28(24-13-11-10-12-23(24)25)43-17-16-37-20-33(4,5)44-34(6,7)21-37/h10-15,18-19,36H,16-17,20-21H2,1-9H3,(H,35,39). The Labute approximate surface area is 266 Å². The molecule has 244 valence electrons. The number of hydrogen-bond donors (Lipinski definition) is 2. The number of morpholine rings is 1. The van der Waals surface area contributed by atoms with Gasteiger partial charge in [0.2, 0.25) is 10.0 Å². The molecule has 0 saturated carbocycles. The van der Waals surface area contributed by atoms with E-state index in [4.69, 9.17) is 14.2 Å². The Kier molecular flexibility index (Phi) is 9.59. The highest BCUT2D eigenvalue weighted by atomic mass is 32.2. The first kappa shape index (κ1) is 34.2. The first-order chi connectivity index (χ1) is 20.8. The molecular formula is C34H45N3O7S. The number of sulfonamides is 1. The number of amides is 1. The smallest absolute Gasteiger partial charge is 0.296 e. The van der Waals surface area contributed by atoms with E-state index in [1.54, 1.807) is 36.4 Å². The van der Waals surface area contributed by atoms with Crippen LogP contribution in [0.5, 0.6) is 11.5 Å². The minimum atomic E-state index is -3.66. The van der Waals surface area contributed by atoms with Crippen molar-refractivity contribution in [3.05, 3.63) is 59.7 Å². The number of fused-ring (bicyclic) bond motifs is 1. The molecule has 0 bridgehead atoms. The number of benzene rings is 3. The van der Waals surface area contributed by atoms with Gasteiger partial charge in [-0.1, -0.05) is 45.0 Å². The first-order valence-electron chi connectivity index (χ1n) is 14.9. The Morgan fingerprint density at radius 3 is 2.13 bits per heavy atom. The monoisotopic (exact) mass is 639 g/mol. The summed E-state index contributed by atoms with van der Waals surface area (Å²) in [5.74, 6) is -0.932. The lowest BCUT2D eigenvalue weighted by atomic mass is 9.86.